The van der Waals surface area contributed by atoms with E-state index in [1.165, 1.54) is 73.2 Å². The molecule has 744 valence electrons. The minimum Gasteiger partial charge on any atom is -0.396 e. The van der Waals surface area contributed by atoms with Crippen LogP contribution < -0.4 is 0 Å². The predicted octanol–water partition coefficient (Wildman–Crippen LogP) is 19.8. The molecule has 18 atom stereocenters. The first kappa shape index (κ1) is 104. The van der Waals surface area contributed by atoms with Gasteiger partial charge in [-0.1, -0.05) is 118 Å². The molecule has 10 heterocycles. The lowest BCUT2D eigenvalue weighted by Crippen LogP contribution is -2.45. The fraction of sp³-hybridized carbons (Fsp3) is 0.476. The summed E-state index contributed by atoms with van der Waals surface area (Å²) in [5, 5.41) is 52.6. The van der Waals surface area contributed by atoms with Gasteiger partial charge in [0.1, 0.15) is 35.1 Å². The van der Waals surface area contributed by atoms with Crippen molar-refractivity contribution < 1.29 is 89.0 Å². The number of H-pyrrole nitrogens is 5. The molecule has 5 aromatic carbocycles. The average molecular weight is 2250 g/mol. The number of rotatable bonds is 25. The van der Waals surface area contributed by atoms with Gasteiger partial charge in [0.2, 0.25) is 12.3 Å². The normalized spacial score (nSPS) is 23.8. The van der Waals surface area contributed by atoms with Crippen LogP contribution in [0.25, 0.3) is 82.4 Å². The number of alkyl halides is 9. The molecular formula is C105H116Br5F9N10O10. The third-order valence-corrected chi connectivity index (χ3v) is 34.0. The van der Waals surface area contributed by atoms with Gasteiger partial charge in [-0.3, -0.25) is 48.5 Å². The Bertz CT molecular complexity index is 6190. The van der Waals surface area contributed by atoms with Crippen LogP contribution in [0.15, 0.2) is 144 Å². The Morgan fingerprint density at radius 3 is 0.719 bits per heavy atom. The highest BCUT2D eigenvalue weighted by Gasteiger charge is 2.50. The van der Waals surface area contributed by atoms with Crippen LogP contribution in [0.4, 0.5) is 39.5 Å². The highest BCUT2D eigenvalue weighted by Crippen LogP contribution is 2.51. The predicted molar refractivity (Wildman–Crippen MR) is 542 cm³/mol. The van der Waals surface area contributed by atoms with Gasteiger partial charge < -0.3 is 50.5 Å². The molecule has 34 heteroatoms. The van der Waals surface area contributed by atoms with Crippen LogP contribution in [0.3, 0.4) is 0 Å². The lowest BCUT2D eigenvalue weighted by molar-refractivity contribution is -0.199. The van der Waals surface area contributed by atoms with Gasteiger partial charge in [0, 0.05) is 230 Å². The van der Waals surface area contributed by atoms with Gasteiger partial charge >= 0.3 is 12.4 Å². The third-order valence-electron chi connectivity index (χ3n) is 30.6. The minimum absolute atomic E-state index is 0.00423. The zero-order valence-corrected chi connectivity index (χ0v) is 86.2. The van der Waals surface area contributed by atoms with Gasteiger partial charge in [-0.25, -0.2) is 13.2 Å². The van der Waals surface area contributed by atoms with Gasteiger partial charge in [0.05, 0.1) is 23.0 Å². The molecule has 20 nitrogen and oxygen atoms in total. The van der Waals surface area contributed by atoms with Gasteiger partial charge in [0.25, 0.3) is 0 Å². The lowest BCUT2D eigenvalue weighted by Gasteiger charge is -2.39. The number of aromatic amines is 5. The van der Waals surface area contributed by atoms with Crippen molar-refractivity contribution in [1.29, 1.82) is 0 Å². The molecule has 5 aliphatic heterocycles. The summed E-state index contributed by atoms with van der Waals surface area (Å²) in [5.74, 6) is -6.31. The second-order valence-corrected chi connectivity index (χ2v) is 43.3. The summed E-state index contributed by atoms with van der Waals surface area (Å²) in [6, 6.07) is 31.6. The fourth-order valence-corrected chi connectivity index (χ4v) is 25.6. The van der Waals surface area contributed by atoms with Crippen molar-refractivity contribution >= 4 is 191 Å². The summed E-state index contributed by atoms with van der Waals surface area (Å²) >= 11 is 18.2. The van der Waals surface area contributed by atoms with Crippen molar-refractivity contribution in [2.75, 3.05) is 101 Å². The fourth-order valence-electron chi connectivity index (χ4n) is 22.7. The number of carbonyl (C=O) groups is 5. The van der Waals surface area contributed by atoms with Crippen molar-refractivity contribution in [2.45, 2.75) is 159 Å². The number of benzene rings is 5. The van der Waals surface area contributed by atoms with E-state index < -0.39 is 98.1 Å². The van der Waals surface area contributed by atoms with Gasteiger partial charge in [0.15, 0.2) is 0 Å². The molecule has 10 aliphatic rings. The van der Waals surface area contributed by atoms with Crippen LogP contribution in [-0.2, 0) is 56.1 Å². The van der Waals surface area contributed by atoms with Crippen molar-refractivity contribution in [1.82, 2.24) is 49.4 Å². The highest BCUT2D eigenvalue weighted by molar-refractivity contribution is 9.11. The first-order valence-corrected chi connectivity index (χ1v) is 51.5. The van der Waals surface area contributed by atoms with E-state index in [2.05, 4.69) is 200 Å². The quantitative estimate of drug-likeness (QED) is 0.0238. The summed E-state index contributed by atoms with van der Waals surface area (Å²) in [5.41, 5.74) is 22.9. The Kier molecular flexibility index (Phi) is 32.1. The molecule has 0 bridgehead atoms. The third kappa shape index (κ3) is 20.9. The number of ketones is 5. The van der Waals surface area contributed by atoms with E-state index in [1.54, 1.807) is 0 Å². The van der Waals surface area contributed by atoms with E-state index in [9.17, 15) is 89.0 Å². The van der Waals surface area contributed by atoms with Crippen LogP contribution in [0, 0.1) is 59.2 Å². The molecular weight excluding hydrogens is 2130 g/mol. The van der Waals surface area contributed by atoms with E-state index in [0.29, 0.717) is 44.6 Å². The SMILES string of the molecule is CC(F)C(CO)CC(=O)C1C=C2c3cccc4[nH]c(Br)c(c34)CC2N(C)C1.CCC(CO)CC(=O)C1C=C2c3cccc4[nH]c(Br)c(c34)CC2N(C)C1.CCC(CO)CC(=O)C1C=C2c3cccc4[nH]c(Br)c(c34)CC2N(C)C1.CN1CC(C(=O)CC(CO)C(F)C(F)(F)F)C=C2c3cccc4[nH]c(Br)c(c34)CC21.CN1CC(C(=O)CC(CO)C(F)C(F)(F)F)C=C2c3cccc4[nH]c(Br)c(c34)CC21. The smallest absolute Gasteiger partial charge is 0.396 e. The molecule has 18 unspecified atom stereocenters. The van der Waals surface area contributed by atoms with Crippen LogP contribution in [0.2, 0.25) is 0 Å². The van der Waals surface area contributed by atoms with Crippen LogP contribution >= 0.6 is 79.6 Å². The second kappa shape index (κ2) is 42.9. The highest BCUT2D eigenvalue weighted by atomic mass is 79.9. The van der Waals surface area contributed by atoms with E-state index in [0.717, 1.165) is 153 Å². The maximum atomic E-state index is 13.7. The number of hydrogen-bond acceptors (Lipinski definition) is 15. The molecule has 0 spiro atoms. The lowest BCUT2D eigenvalue weighted by atomic mass is 9.78. The number of aliphatic hydroxyl groups excluding tert-OH is 5. The Morgan fingerprint density at radius 1 is 0.338 bits per heavy atom. The molecule has 0 saturated carbocycles. The maximum Gasteiger partial charge on any atom is 0.420 e. The van der Waals surface area contributed by atoms with Crippen molar-refractivity contribution in [3.05, 3.63) is 200 Å². The summed E-state index contributed by atoms with van der Waals surface area (Å²) in [7, 11) is 10.0. The number of halogens is 14. The molecule has 139 heavy (non-hydrogen) atoms. The molecule has 10 aromatic rings. The molecule has 20 rings (SSSR count). The van der Waals surface area contributed by atoms with Crippen LogP contribution in [-0.4, -0.2) is 266 Å². The summed E-state index contributed by atoms with van der Waals surface area (Å²) in [6.07, 6.45) is -2.07. The standard InChI is InChI=1S/2C21H21BrF4N2O2.C21H24BrFN2O2.2C21H25BrN2O2/c2*1-28-8-10(17(30)6-11(9-29)19(23)21(24,25)26)5-13-12-3-2-4-15-18(12)14(7-16(13)28)20(22)27-15;1-11(23)13(10-26)7-19(27)12-6-15-14-4-3-5-17-20(14)16(21(22)24-17)8-18(15)25(2)9-12;2*1-3-12(11-25)7-19(26)13-8-15-14-5-4-6-17-20(14)16(21(22)23-17)9-18(15)24(2)10-13/h2*2-5,10-11,16,19,27,29H,6-9H2,1H3;3-6,11-13,18,24,26H,7-10H2,1-2H3;2*4-6,8,12-13,18,23,25H,3,7,9-11H2,1-2H3. The number of nitrogens with one attached hydrogen (secondary N) is 5. The Hall–Kier alpha value is -7.78. The average Bonchev–Trinajstić information content (AvgIpc) is 1.64. The number of Topliss-reactive ketones (excluding diaryl/α,β-unsaturated/α-hetero) is 5. The molecule has 0 amide bonds. The topological polar surface area (TPSA) is 282 Å². The first-order valence-electron chi connectivity index (χ1n) is 47.5. The van der Waals surface area contributed by atoms with Gasteiger partial charge in [-0.05, 0) is 280 Å². The van der Waals surface area contributed by atoms with Crippen molar-refractivity contribution in [3.8, 4) is 0 Å². The number of nitrogens with zero attached hydrogens (tertiary/aromatic N) is 5. The molecule has 0 saturated heterocycles. The molecule has 0 fully saturated rings. The van der Waals surface area contributed by atoms with E-state index >= 15 is 0 Å². The Balaban J connectivity index is 0.000000126. The molecule has 5 aliphatic carbocycles. The zero-order chi connectivity index (χ0) is 99.7. The number of hydrogen-bond donors (Lipinski definition) is 10. The monoisotopic (exact) mass is 2240 g/mol. The minimum atomic E-state index is -5.10. The summed E-state index contributed by atoms with van der Waals surface area (Å²) in [6.45, 7) is 6.07. The van der Waals surface area contributed by atoms with E-state index in [-0.39, 0.29) is 91.3 Å². The van der Waals surface area contributed by atoms with Crippen LogP contribution in [0.5, 0.6) is 0 Å². The second-order valence-electron chi connectivity index (χ2n) is 39.3. The van der Waals surface area contributed by atoms with E-state index in [1.807, 2.05) is 99.4 Å². The Labute approximate surface area is 842 Å². The number of carbonyl (C=O) groups excluding carboxylic acids is 5. The number of likely N-dealkylation sites (N-methyl/N-ethyl adjacent to an activating group) is 5. The molecule has 10 N–H and O–H groups in total. The summed E-state index contributed by atoms with van der Waals surface area (Å²) < 4.78 is 122. The van der Waals surface area contributed by atoms with Crippen molar-refractivity contribution in [3.63, 3.8) is 0 Å². The number of aliphatic hydroxyl groups is 5. The summed E-state index contributed by atoms with van der Waals surface area (Å²) in [4.78, 5) is 91.8. The number of aromatic nitrogens is 5. The maximum absolute atomic E-state index is 13.7. The van der Waals surface area contributed by atoms with Gasteiger partial charge in [-0.15, -0.1) is 0 Å². The molecule has 5 aromatic heterocycles. The van der Waals surface area contributed by atoms with Crippen molar-refractivity contribution in [2.24, 2.45) is 59.2 Å². The number of fused-ring (bicyclic) bond motifs is 10. The first-order chi connectivity index (χ1) is 66.2. The van der Waals surface area contributed by atoms with Gasteiger partial charge in [-0.2, -0.15) is 26.3 Å². The Morgan fingerprint density at radius 2 is 0.540 bits per heavy atom. The van der Waals surface area contributed by atoms with Crippen LogP contribution in [0.1, 0.15) is 121 Å². The molecule has 0 radical (unpaired) electrons. The zero-order valence-electron chi connectivity index (χ0n) is 78.3. The van der Waals surface area contributed by atoms with E-state index in [4.69, 9.17) is 0 Å². The largest absolute Gasteiger partial charge is 0.420 e.